The molecule has 2 amide bonds. The fourth-order valence-electron chi connectivity index (χ4n) is 5.79. The summed E-state index contributed by atoms with van der Waals surface area (Å²) in [4.78, 5) is 37.6. The average molecular weight is 551 g/mol. The second-order valence-corrected chi connectivity index (χ2v) is 11.9. The minimum absolute atomic E-state index is 0.0238. The number of aromatic nitrogens is 3. The van der Waals surface area contributed by atoms with Crippen LogP contribution in [-0.4, -0.2) is 62.0 Å². The molecule has 1 fully saturated rings. The van der Waals surface area contributed by atoms with Crippen molar-refractivity contribution in [2.75, 3.05) is 18.0 Å². The number of hydrogen-bond donors (Lipinski definition) is 0. The number of para-hydroxylation sites is 1. The van der Waals surface area contributed by atoms with E-state index in [0.717, 1.165) is 48.5 Å². The van der Waals surface area contributed by atoms with E-state index in [0.29, 0.717) is 50.3 Å². The van der Waals surface area contributed by atoms with E-state index in [1.165, 1.54) is 0 Å². The molecule has 0 aliphatic carbocycles. The van der Waals surface area contributed by atoms with E-state index in [1.54, 1.807) is 18.3 Å². The molecule has 2 aliphatic rings. The number of thiazole rings is 1. The molecule has 5 rings (SSSR count). The van der Waals surface area contributed by atoms with Gasteiger partial charge in [0.25, 0.3) is 0 Å². The molecule has 3 aromatic rings. The Balaban J connectivity index is 1.44. The van der Waals surface area contributed by atoms with E-state index in [4.69, 9.17) is 4.42 Å². The topological polar surface area (TPSA) is 95.7 Å². The number of rotatable bonds is 6. The maximum atomic E-state index is 13.8. The molecule has 0 saturated carbocycles. The van der Waals surface area contributed by atoms with Crippen LogP contribution in [0.4, 0.5) is 5.69 Å². The van der Waals surface area contributed by atoms with Gasteiger partial charge in [0.15, 0.2) is 0 Å². The number of benzene rings is 1. The molecule has 9 nitrogen and oxygen atoms in total. The van der Waals surface area contributed by atoms with E-state index in [2.05, 4.69) is 20.1 Å². The lowest BCUT2D eigenvalue weighted by atomic mass is 9.92. The van der Waals surface area contributed by atoms with Crippen molar-refractivity contribution < 1.29 is 14.0 Å². The van der Waals surface area contributed by atoms with Gasteiger partial charge in [-0.2, -0.15) is 0 Å². The monoisotopic (exact) mass is 550 g/mol. The van der Waals surface area contributed by atoms with Crippen molar-refractivity contribution in [3.05, 3.63) is 58.2 Å². The Morgan fingerprint density at radius 3 is 2.69 bits per heavy atom. The van der Waals surface area contributed by atoms with Crippen LogP contribution >= 0.6 is 11.3 Å². The quantitative estimate of drug-likeness (QED) is 0.435. The molecule has 2 aliphatic heterocycles. The zero-order valence-corrected chi connectivity index (χ0v) is 23.9. The number of anilines is 1. The van der Waals surface area contributed by atoms with Gasteiger partial charge in [0, 0.05) is 74.7 Å². The first-order valence-corrected chi connectivity index (χ1v) is 14.9. The summed E-state index contributed by atoms with van der Waals surface area (Å²) in [5, 5.41) is 11.4. The molecular formula is C29H38N6O3S. The van der Waals surface area contributed by atoms with Crippen LogP contribution in [0, 0.1) is 0 Å². The molecule has 2 bridgehead atoms. The third-order valence-electron chi connectivity index (χ3n) is 7.84. The van der Waals surface area contributed by atoms with E-state index in [-0.39, 0.29) is 23.8 Å². The van der Waals surface area contributed by atoms with Crippen LogP contribution in [-0.2, 0) is 29.1 Å². The molecule has 0 radical (unpaired) electrons. The van der Waals surface area contributed by atoms with Gasteiger partial charge in [-0.3, -0.25) is 14.5 Å². The average Bonchev–Trinajstić information content (AvgIpc) is 3.61. The Morgan fingerprint density at radius 2 is 1.95 bits per heavy atom. The number of piperidine rings is 1. The second kappa shape index (κ2) is 12.4. The number of carbonyl (C=O) groups excluding carboxylic acids is 2. The lowest BCUT2D eigenvalue weighted by Gasteiger charge is -2.43. The van der Waals surface area contributed by atoms with Crippen LogP contribution in [0.2, 0.25) is 0 Å². The van der Waals surface area contributed by atoms with Crippen molar-refractivity contribution in [2.45, 2.75) is 90.4 Å². The normalized spacial score (nSPS) is 20.5. The third-order valence-corrected chi connectivity index (χ3v) is 8.60. The lowest BCUT2D eigenvalue weighted by molar-refractivity contribution is -0.133. The molecular weight excluding hydrogens is 512 g/mol. The summed E-state index contributed by atoms with van der Waals surface area (Å²) < 4.78 is 5.77. The molecule has 2 unspecified atom stereocenters. The summed E-state index contributed by atoms with van der Waals surface area (Å²) in [6, 6.07) is 8.54. The van der Waals surface area contributed by atoms with Crippen LogP contribution < -0.4 is 4.90 Å². The summed E-state index contributed by atoms with van der Waals surface area (Å²) in [5.41, 5.74) is 1.88. The molecule has 2 aromatic heterocycles. The minimum Gasteiger partial charge on any atom is -0.425 e. The standard InChI is InChI=1S/C29H38N6O3S/c1-20(2)29-32-31-26(38-29)11-12-28(37)33-17-22-7-4-5-10-25(22)34(21(3)36)15-13-23-8-6-9-24(18-33)35(23)19-27-30-14-16-39-27/h4-5,7,10,14,16,20,23-24H,6,8-9,11-13,15,17-19H2,1-3H3. The smallest absolute Gasteiger partial charge is 0.223 e. The van der Waals surface area contributed by atoms with Gasteiger partial charge in [-0.1, -0.05) is 38.5 Å². The summed E-state index contributed by atoms with van der Waals surface area (Å²) in [7, 11) is 0. The van der Waals surface area contributed by atoms with Crippen molar-refractivity contribution >= 4 is 28.8 Å². The summed E-state index contributed by atoms with van der Waals surface area (Å²) in [6.07, 6.45) is 6.67. The molecule has 1 aromatic carbocycles. The van der Waals surface area contributed by atoms with Gasteiger partial charge in [-0.25, -0.2) is 4.98 Å². The molecule has 4 heterocycles. The van der Waals surface area contributed by atoms with E-state index >= 15 is 0 Å². The van der Waals surface area contributed by atoms with Gasteiger partial charge in [0.2, 0.25) is 23.6 Å². The number of aryl methyl sites for hydroxylation is 1. The van der Waals surface area contributed by atoms with Crippen molar-refractivity contribution in [1.29, 1.82) is 0 Å². The lowest BCUT2D eigenvalue weighted by Crippen LogP contribution is -2.52. The Morgan fingerprint density at radius 1 is 1.13 bits per heavy atom. The Labute approximate surface area is 234 Å². The van der Waals surface area contributed by atoms with Crippen molar-refractivity contribution in [3.8, 4) is 0 Å². The van der Waals surface area contributed by atoms with Gasteiger partial charge < -0.3 is 14.2 Å². The van der Waals surface area contributed by atoms with Crippen molar-refractivity contribution in [2.24, 2.45) is 0 Å². The van der Waals surface area contributed by atoms with E-state index in [1.807, 2.05) is 59.5 Å². The zero-order valence-electron chi connectivity index (χ0n) is 23.1. The van der Waals surface area contributed by atoms with Crippen molar-refractivity contribution in [1.82, 2.24) is 25.0 Å². The first kappa shape index (κ1) is 27.5. The molecule has 0 spiro atoms. The number of amides is 2. The SMILES string of the molecule is CC(=O)N1CCC2CCCC(CN(C(=O)CCc3nnc(C(C)C)o3)Cc3ccccc31)N2Cc1nccs1. The molecule has 0 N–H and O–H groups in total. The van der Waals surface area contributed by atoms with E-state index < -0.39 is 0 Å². The van der Waals surface area contributed by atoms with Gasteiger partial charge in [0.05, 0.1) is 6.54 Å². The summed E-state index contributed by atoms with van der Waals surface area (Å²) >= 11 is 1.67. The molecule has 39 heavy (non-hydrogen) atoms. The maximum Gasteiger partial charge on any atom is 0.223 e. The largest absolute Gasteiger partial charge is 0.425 e. The van der Waals surface area contributed by atoms with Gasteiger partial charge in [-0.15, -0.1) is 21.5 Å². The third kappa shape index (κ3) is 6.55. The predicted octanol–water partition coefficient (Wildman–Crippen LogP) is 4.79. The molecule has 1 saturated heterocycles. The minimum atomic E-state index is 0.0238. The number of nitrogens with zero attached hydrogens (tertiary/aromatic N) is 6. The number of fused-ring (bicyclic) bond motifs is 3. The highest BCUT2D eigenvalue weighted by molar-refractivity contribution is 7.09. The molecule has 10 heteroatoms. The summed E-state index contributed by atoms with van der Waals surface area (Å²) in [6.45, 7) is 8.15. The maximum absolute atomic E-state index is 13.8. The van der Waals surface area contributed by atoms with Crippen LogP contribution in [0.3, 0.4) is 0 Å². The zero-order chi connectivity index (χ0) is 27.4. The van der Waals surface area contributed by atoms with Gasteiger partial charge in [-0.05, 0) is 30.9 Å². The van der Waals surface area contributed by atoms with Crippen LogP contribution in [0.5, 0.6) is 0 Å². The molecule has 2 atom stereocenters. The second-order valence-electron chi connectivity index (χ2n) is 10.9. The number of carbonyl (C=O) groups is 2. The fourth-order valence-corrected chi connectivity index (χ4v) is 6.42. The highest BCUT2D eigenvalue weighted by atomic mass is 32.1. The summed E-state index contributed by atoms with van der Waals surface area (Å²) in [5.74, 6) is 1.32. The van der Waals surface area contributed by atoms with Gasteiger partial charge >= 0.3 is 0 Å². The van der Waals surface area contributed by atoms with Crippen LogP contribution in [0.15, 0.2) is 40.3 Å². The first-order valence-electron chi connectivity index (χ1n) is 14.0. The Kier molecular flexibility index (Phi) is 8.72. The molecule has 208 valence electrons. The van der Waals surface area contributed by atoms with Crippen LogP contribution in [0.1, 0.15) is 81.1 Å². The first-order chi connectivity index (χ1) is 18.9. The van der Waals surface area contributed by atoms with Crippen LogP contribution in [0.25, 0.3) is 0 Å². The highest BCUT2D eigenvalue weighted by Crippen LogP contribution is 2.32. The Hall–Kier alpha value is -3.11. The van der Waals surface area contributed by atoms with E-state index in [9.17, 15) is 9.59 Å². The fraction of sp³-hybridized carbons (Fsp3) is 0.552. The van der Waals surface area contributed by atoms with Gasteiger partial charge in [0.1, 0.15) is 5.01 Å². The van der Waals surface area contributed by atoms with Crippen molar-refractivity contribution in [3.63, 3.8) is 0 Å². The Bertz CT molecular complexity index is 1260. The predicted molar refractivity (Wildman–Crippen MR) is 150 cm³/mol. The number of hydrogen-bond acceptors (Lipinski definition) is 8. The highest BCUT2D eigenvalue weighted by Gasteiger charge is 2.35.